The van der Waals surface area contributed by atoms with Crippen LogP contribution < -0.4 is 10.4 Å². The minimum Gasteiger partial charge on any atom is -0.407 e. The predicted molar refractivity (Wildman–Crippen MR) is 149 cm³/mol. The Bertz CT molecular complexity index is 697. The maximum Gasteiger partial charge on any atom is 0.261 e. The Kier molecular flexibility index (Phi) is 12.1. The molecule has 0 saturated heterocycles. The van der Waals surface area contributed by atoms with Gasteiger partial charge in [-0.05, 0) is 45.5 Å². The number of hydrogen-bond acceptors (Lipinski definition) is 1. The molecular formula is C28H41IOSi. The van der Waals surface area contributed by atoms with E-state index in [4.69, 9.17) is 4.43 Å². The topological polar surface area (TPSA) is 9.23 Å². The molecule has 1 nitrogen and oxygen atoms in total. The molecule has 0 saturated carbocycles. The minimum absolute atomic E-state index is 0.0523. The number of unbranched alkanes of at least 4 members (excludes halogenated alkanes) is 6. The number of rotatable bonds is 14. The number of halogens is 1. The van der Waals surface area contributed by atoms with Gasteiger partial charge in [0.15, 0.2) is 0 Å². The molecule has 170 valence electrons. The van der Waals surface area contributed by atoms with Crippen molar-refractivity contribution in [1.82, 2.24) is 0 Å². The molecule has 0 aliphatic carbocycles. The summed E-state index contributed by atoms with van der Waals surface area (Å²) < 4.78 is 8.24. The van der Waals surface area contributed by atoms with Gasteiger partial charge in [-0.3, -0.25) is 0 Å². The SMILES string of the molecule is CC(C)(C)[Si](OCC/C=C/CCCCCCCCI)(c1ccccc1)c1ccccc1. The molecule has 2 aromatic carbocycles. The normalized spacial score (nSPS) is 12.5. The highest BCUT2D eigenvalue weighted by molar-refractivity contribution is 14.1. The fourth-order valence-corrected chi connectivity index (χ4v) is 9.46. The average Bonchev–Trinajstić information content (AvgIpc) is 2.77. The van der Waals surface area contributed by atoms with Gasteiger partial charge in [0.25, 0.3) is 8.32 Å². The van der Waals surface area contributed by atoms with E-state index in [9.17, 15) is 0 Å². The maximum absolute atomic E-state index is 6.94. The summed E-state index contributed by atoms with van der Waals surface area (Å²) in [7, 11) is -2.38. The van der Waals surface area contributed by atoms with Gasteiger partial charge in [-0.2, -0.15) is 0 Å². The van der Waals surface area contributed by atoms with Gasteiger partial charge in [-0.25, -0.2) is 0 Å². The van der Waals surface area contributed by atoms with Crippen LogP contribution in [0.2, 0.25) is 5.04 Å². The Morgan fingerprint density at radius 3 is 1.71 bits per heavy atom. The first-order chi connectivity index (χ1) is 15.0. The van der Waals surface area contributed by atoms with Gasteiger partial charge in [0.05, 0.1) is 0 Å². The van der Waals surface area contributed by atoms with Gasteiger partial charge in [0.2, 0.25) is 0 Å². The Morgan fingerprint density at radius 1 is 0.710 bits per heavy atom. The second-order valence-electron chi connectivity index (χ2n) is 9.37. The molecule has 0 bridgehead atoms. The highest BCUT2D eigenvalue weighted by Crippen LogP contribution is 2.36. The van der Waals surface area contributed by atoms with Crippen molar-refractivity contribution in [2.75, 3.05) is 11.0 Å². The first-order valence-corrected chi connectivity index (χ1v) is 15.4. The average molecular weight is 549 g/mol. The van der Waals surface area contributed by atoms with E-state index in [1.54, 1.807) is 0 Å². The highest BCUT2D eigenvalue weighted by Gasteiger charge is 2.49. The molecule has 2 aromatic rings. The van der Waals surface area contributed by atoms with E-state index in [0.29, 0.717) is 0 Å². The van der Waals surface area contributed by atoms with Crippen molar-refractivity contribution in [2.45, 2.75) is 77.2 Å². The van der Waals surface area contributed by atoms with E-state index in [2.05, 4.69) is 116 Å². The molecule has 2 rings (SSSR count). The molecule has 0 aromatic heterocycles. The Morgan fingerprint density at radius 2 is 1.19 bits per heavy atom. The molecule has 0 amide bonds. The lowest BCUT2D eigenvalue weighted by Gasteiger charge is -2.43. The molecule has 0 unspecified atom stereocenters. The summed E-state index contributed by atoms with van der Waals surface area (Å²) in [4.78, 5) is 0. The number of hydrogen-bond donors (Lipinski definition) is 0. The first-order valence-electron chi connectivity index (χ1n) is 12.0. The third kappa shape index (κ3) is 8.18. The Hall–Kier alpha value is -0.913. The van der Waals surface area contributed by atoms with Crippen LogP contribution in [-0.4, -0.2) is 19.4 Å². The van der Waals surface area contributed by atoms with Crippen LogP contribution in [0.5, 0.6) is 0 Å². The third-order valence-electron chi connectivity index (χ3n) is 5.94. The van der Waals surface area contributed by atoms with E-state index in [1.807, 2.05) is 0 Å². The zero-order valence-corrected chi connectivity index (χ0v) is 22.9. The van der Waals surface area contributed by atoms with Crippen molar-refractivity contribution in [3.8, 4) is 0 Å². The van der Waals surface area contributed by atoms with Crippen LogP contribution in [0.1, 0.15) is 72.1 Å². The summed E-state index contributed by atoms with van der Waals surface area (Å²) in [5.74, 6) is 0. The molecular weight excluding hydrogens is 507 g/mol. The van der Waals surface area contributed by atoms with Crippen molar-refractivity contribution in [3.63, 3.8) is 0 Å². The van der Waals surface area contributed by atoms with E-state index in [-0.39, 0.29) is 5.04 Å². The zero-order chi connectivity index (χ0) is 22.4. The van der Waals surface area contributed by atoms with Crippen molar-refractivity contribution < 1.29 is 4.43 Å². The fraction of sp³-hybridized carbons (Fsp3) is 0.500. The van der Waals surface area contributed by atoms with Gasteiger partial charge in [-0.15, -0.1) is 0 Å². The molecule has 0 atom stereocenters. The van der Waals surface area contributed by atoms with Gasteiger partial charge >= 0.3 is 0 Å². The monoisotopic (exact) mass is 548 g/mol. The molecule has 0 N–H and O–H groups in total. The van der Waals surface area contributed by atoms with E-state index < -0.39 is 8.32 Å². The molecule has 3 heteroatoms. The van der Waals surface area contributed by atoms with Crippen LogP contribution in [0.25, 0.3) is 0 Å². The lowest BCUT2D eigenvalue weighted by Crippen LogP contribution is -2.66. The lowest BCUT2D eigenvalue weighted by molar-refractivity contribution is 0.304. The first kappa shape index (κ1) is 26.3. The quantitative estimate of drug-likeness (QED) is 0.0774. The number of allylic oxidation sites excluding steroid dienone is 1. The lowest BCUT2D eigenvalue weighted by atomic mass is 10.1. The molecule has 0 spiro atoms. The summed E-state index contributed by atoms with van der Waals surface area (Å²) in [6.07, 6.45) is 15.1. The maximum atomic E-state index is 6.94. The highest BCUT2D eigenvalue weighted by atomic mass is 127. The summed E-state index contributed by atoms with van der Waals surface area (Å²) in [6.45, 7) is 7.81. The largest absolute Gasteiger partial charge is 0.407 e. The van der Waals surface area contributed by atoms with Crippen LogP contribution >= 0.6 is 22.6 Å². The second-order valence-corrected chi connectivity index (χ2v) is 14.8. The van der Waals surface area contributed by atoms with Crippen molar-refractivity contribution in [3.05, 3.63) is 72.8 Å². The Balaban J connectivity index is 1.95. The van der Waals surface area contributed by atoms with Gasteiger partial charge in [0.1, 0.15) is 0 Å². The van der Waals surface area contributed by atoms with Crippen LogP contribution in [0.15, 0.2) is 72.8 Å². The summed E-state index contributed by atoms with van der Waals surface area (Å²) in [6, 6.07) is 21.9. The zero-order valence-electron chi connectivity index (χ0n) is 19.8. The second kappa shape index (κ2) is 14.3. The van der Waals surface area contributed by atoms with Crippen LogP contribution in [0, 0.1) is 0 Å². The number of benzene rings is 2. The van der Waals surface area contributed by atoms with E-state index >= 15 is 0 Å². The summed E-state index contributed by atoms with van der Waals surface area (Å²) in [5, 5.41) is 2.77. The molecule has 0 fully saturated rings. The fourth-order valence-electron chi connectivity index (χ4n) is 4.34. The molecule has 0 aliphatic heterocycles. The van der Waals surface area contributed by atoms with Gasteiger partial charge < -0.3 is 4.43 Å². The van der Waals surface area contributed by atoms with Crippen molar-refractivity contribution >= 4 is 41.3 Å². The van der Waals surface area contributed by atoms with Crippen molar-refractivity contribution in [2.24, 2.45) is 0 Å². The molecule has 0 radical (unpaired) electrons. The van der Waals surface area contributed by atoms with Gasteiger partial charge in [-0.1, -0.05) is 142 Å². The van der Waals surface area contributed by atoms with Crippen LogP contribution in [-0.2, 0) is 4.43 Å². The molecule has 0 heterocycles. The standard InChI is InChI=1S/C28H41IOSi/c1-28(2,3)31(26-20-14-12-15-21-26,27-22-16-13-17-23-27)30-25-19-11-9-7-5-4-6-8-10-18-24-29/h9,11-17,20-23H,4-8,10,18-19,24-25H2,1-3H3/b11-9+. The minimum atomic E-state index is -2.38. The van der Waals surface area contributed by atoms with Crippen LogP contribution in [0.3, 0.4) is 0 Å². The molecule has 31 heavy (non-hydrogen) atoms. The Labute approximate surface area is 206 Å². The van der Waals surface area contributed by atoms with Crippen molar-refractivity contribution in [1.29, 1.82) is 0 Å². The van der Waals surface area contributed by atoms with Crippen LogP contribution in [0.4, 0.5) is 0 Å². The summed E-state index contributed by atoms with van der Waals surface area (Å²) >= 11 is 2.48. The van der Waals surface area contributed by atoms with E-state index in [0.717, 1.165) is 13.0 Å². The predicted octanol–water partition coefficient (Wildman–Crippen LogP) is 7.68. The van der Waals surface area contributed by atoms with Gasteiger partial charge in [0, 0.05) is 6.61 Å². The summed E-state index contributed by atoms with van der Waals surface area (Å²) in [5.41, 5.74) is 0. The smallest absolute Gasteiger partial charge is 0.261 e. The van der Waals surface area contributed by atoms with E-state index in [1.165, 1.54) is 59.7 Å². The third-order valence-corrected chi connectivity index (χ3v) is 11.7. The number of alkyl halides is 1. The molecule has 0 aliphatic rings.